The number of benzene rings is 2. The minimum absolute atomic E-state index is 0.0922. The van der Waals surface area contributed by atoms with Crippen LogP contribution in [0.2, 0.25) is 0 Å². The van der Waals surface area contributed by atoms with Gasteiger partial charge >= 0.3 is 0 Å². The molecular weight excluding hydrogens is 268 g/mol. The molecule has 0 aliphatic heterocycles. The van der Waals surface area contributed by atoms with Crippen LogP contribution in [0.3, 0.4) is 0 Å². The first-order valence-corrected chi connectivity index (χ1v) is 6.05. The van der Waals surface area contributed by atoms with Crippen LogP contribution in [0.4, 0.5) is 11.4 Å². The Hall–Kier alpha value is -3.38. The van der Waals surface area contributed by atoms with Gasteiger partial charge in [0.1, 0.15) is 5.69 Å². The van der Waals surface area contributed by atoms with E-state index >= 15 is 0 Å². The van der Waals surface area contributed by atoms with E-state index in [1.54, 1.807) is 18.2 Å². The molecule has 0 unspecified atom stereocenters. The Bertz CT molecular complexity index is 772. The molecule has 2 aromatic rings. The van der Waals surface area contributed by atoms with Crippen molar-refractivity contribution in [2.24, 2.45) is 0 Å². The van der Waals surface area contributed by atoms with Crippen LogP contribution in [0.5, 0.6) is 0 Å². The Kier molecular flexibility index (Phi) is 4.13. The van der Waals surface area contributed by atoms with Crippen molar-refractivity contribution in [3.63, 3.8) is 0 Å². The summed E-state index contributed by atoms with van der Waals surface area (Å²) in [5.41, 5.74) is 1.88. The Morgan fingerprint density at radius 2 is 1.81 bits per heavy atom. The summed E-state index contributed by atoms with van der Waals surface area (Å²) in [6.45, 7) is 0.325. The van der Waals surface area contributed by atoms with Gasteiger partial charge in [-0.25, -0.2) is 0 Å². The van der Waals surface area contributed by atoms with Crippen LogP contribution < -0.4 is 5.32 Å². The fourth-order valence-corrected chi connectivity index (χ4v) is 1.85. The second-order valence-electron chi connectivity index (χ2n) is 4.27. The molecule has 0 aliphatic carbocycles. The van der Waals surface area contributed by atoms with Crippen molar-refractivity contribution in [2.75, 3.05) is 5.32 Å². The average Bonchev–Trinajstić information content (AvgIpc) is 2.52. The lowest BCUT2D eigenvalue weighted by Crippen LogP contribution is -2.03. The summed E-state index contributed by atoms with van der Waals surface area (Å²) in [7, 11) is 0. The second-order valence-corrected chi connectivity index (χ2v) is 4.27. The molecule has 0 spiro atoms. The molecular formula is C15H10N4O2. The van der Waals surface area contributed by atoms with Crippen LogP contribution in [-0.2, 0) is 6.54 Å². The minimum Gasteiger partial charge on any atom is -0.375 e. The molecule has 1 N–H and O–H groups in total. The number of nitro benzene ring substituents is 1. The zero-order chi connectivity index (χ0) is 15.2. The number of hydrogen-bond donors (Lipinski definition) is 1. The van der Waals surface area contributed by atoms with Crippen LogP contribution in [0.15, 0.2) is 42.5 Å². The molecule has 0 aliphatic rings. The van der Waals surface area contributed by atoms with Crippen LogP contribution >= 0.6 is 0 Å². The number of hydrogen-bond acceptors (Lipinski definition) is 5. The van der Waals surface area contributed by atoms with E-state index in [1.807, 2.05) is 18.2 Å². The normalized spacial score (nSPS) is 9.43. The van der Waals surface area contributed by atoms with Gasteiger partial charge in [-0.2, -0.15) is 10.5 Å². The first-order chi connectivity index (χ1) is 10.1. The smallest absolute Gasteiger partial charge is 0.292 e. The third-order valence-electron chi connectivity index (χ3n) is 2.86. The summed E-state index contributed by atoms with van der Waals surface area (Å²) in [4.78, 5) is 10.5. The van der Waals surface area contributed by atoms with Crippen LogP contribution in [0.1, 0.15) is 16.7 Å². The van der Waals surface area contributed by atoms with E-state index in [1.165, 1.54) is 18.2 Å². The molecule has 0 heterocycles. The molecule has 0 bridgehead atoms. The van der Waals surface area contributed by atoms with Gasteiger partial charge in [-0.05, 0) is 29.8 Å². The quantitative estimate of drug-likeness (QED) is 0.684. The maximum atomic E-state index is 11.0. The Morgan fingerprint density at radius 1 is 1.10 bits per heavy atom. The zero-order valence-corrected chi connectivity index (χ0v) is 10.9. The molecule has 0 saturated heterocycles. The fourth-order valence-electron chi connectivity index (χ4n) is 1.85. The number of nitrogens with zero attached hydrogens (tertiary/aromatic N) is 3. The van der Waals surface area contributed by atoms with Crippen LogP contribution in [0.25, 0.3) is 0 Å². The molecule has 0 fully saturated rings. The molecule has 102 valence electrons. The predicted molar refractivity (Wildman–Crippen MR) is 76.3 cm³/mol. The monoisotopic (exact) mass is 278 g/mol. The lowest BCUT2D eigenvalue weighted by atomic mass is 10.1. The van der Waals surface area contributed by atoms with Crippen molar-refractivity contribution >= 4 is 11.4 Å². The molecule has 0 amide bonds. The fraction of sp³-hybridized carbons (Fsp3) is 0.0667. The van der Waals surface area contributed by atoms with Gasteiger partial charge in [-0.15, -0.1) is 0 Å². The first kappa shape index (κ1) is 14.0. The predicted octanol–water partition coefficient (Wildman–Crippen LogP) is 2.95. The lowest BCUT2D eigenvalue weighted by molar-refractivity contribution is -0.384. The number of anilines is 1. The van der Waals surface area contributed by atoms with E-state index < -0.39 is 4.92 Å². The summed E-state index contributed by atoms with van der Waals surface area (Å²) in [5, 5.41) is 31.6. The maximum Gasteiger partial charge on any atom is 0.292 e. The summed E-state index contributed by atoms with van der Waals surface area (Å²) in [6, 6.07) is 15.1. The van der Waals surface area contributed by atoms with E-state index in [-0.39, 0.29) is 11.4 Å². The highest BCUT2D eigenvalue weighted by Gasteiger charge is 2.13. The summed E-state index contributed by atoms with van der Waals surface area (Å²) in [5.74, 6) is 0. The van der Waals surface area contributed by atoms with Gasteiger partial charge in [-0.3, -0.25) is 10.1 Å². The zero-order valence-electron chi connectivity index (χ0n) is 10.9. The van der Waals surface area contributed by atoms with E-state index in [0.29, 0.717) is 17.7 Å². The summed E-state index contributed by atoms with van der Waals surface area (Å²) in [6.07, 6.45) is 0. The SMILES string of the molecule is N#Cc1cccc(CNc2cc(C#N)ccc2[N+](=O)[O-])c1. The molecule has 2 aromatic carbocycles. The summed E-state index contributed by atoms with van der Waals surface area (Å²) < 4.78 is 0. The Labute approximate surface area is 121 Å². The van der Waals surface area contributed by atoms with Crippen molar-refractivity contribution in [2.45, 2.75) is 6.54 Å². The number of nitriles is 2. The van der Waals surface area contributed by atoms with Crippen molar-refractivity contribution < 1.29 is 4.92 Å². The van der Waals surface area contributed by atoms with Gasteiger partial charge in [0.2, 0.25) is 0 Å². The summed E-state index contributed by atoms with van der Waals surface area (Å²) >= 11 is 0. The Morgan fingerprint density at radius 3 is 2.48 bits per heavy atom. The van der Waals surface area contributed by atoms with Gasteiger partial charge in [0.15, 0.2) is 0 Å². The van der Waals surface area contributed by atoms with Gasteiger partial charge in [0.25, 0.3) is 5.69 Å². The molecule has 6 heteroatoms. The van der Waals surface area contributed by atoms with Crippen molar-refractivity contribution in [3.8, 4) is 12.1 Å². The van der Waals surface area contributed by atoms with Gasteiger partial charge < -0.3 is 5.32 Å². The van der Waals surface area contributed by atoms with E-state index in [9.17, 15) is 10.1 Å². The maximum absolute atomic E-state index is 11.0. The number of nitro groups is 1. The highest BCUT2D eigenvalue weighted by Crippen LogP contribution is 2.25. The Balaban J connectivity index is 2.24. The molecule has 0 atom stereocenters. The largest absolute Gasteiger partial charge is 0.375 e. The van der Waals surface area contributed by atoms with Crippen LogP contribution in [0, 0.1) is 32.8 Å². The van der Waals surface area contributed by atoms with Crippen molar-refractivity contribution in [1.82, 2.24) is 0 Å². The van der Waals surface area contributed by atoms with E-state index in [2.05, 4.69) is 5.32 Å². The number of nitrogens with one attached hydrogen (secondary N) is 1. The standard InChI is InChI=1S/C15H10N4O2/c16-8-11-2-1-3-13(6-11)10-18-14-7-12(9-17)4-5-15(14)19(20)21/h1-7,18H,10H2. The molecule has 0 radical (unpaired) electrons. The van der Waals surface area contributed by atoms with Gasteiger partial charge in [0.05, 0.1) is 28.2 Å². The highest BCUT2D eigenvalue weighted by molar-refractivity contribution is 5.64. The van der Waals surface area contributed by atoms with Gasteiger partial charge in [-0.1, -0.05) is 12.1 Å². The molecule has 21 heavy (non-hydrogen) atoms. The van der Waals surface area contributed by atoms with Gasteiger partial charge in [0, 0.05) is 12.6 Å². The molecule has 6 nitrogen and oxygen atoms in total. The third-order valence-corrected chi connectivity index (χ3v) is 2.86. The number of rotatable bonds is 4. The van der Waals surface area contributed by atoms with Crippen molar-refractivity contribution in [1.29, 1.82) is 10.5 Å². The van der Waals surface area contributed by atoms with Crippen molar-refractivity contribution in [3.05, 3.63) is 69.3 Å². The lowest BCUT2D eigenvalue weighted by Gasteiger charge is -2.08. The topological polar surface area (TPSA) is 103 Å². The van der Waals surface area contributed by atoms with Crippen LogP contribution in [-0.4, -0.2) is 4.92 Å². The minimum atomic E-state index is -0.505. The average molecular weight is 278 g/mol. The highest BCUT2D eigenvalue weighted by atomic mass is 16.6. The first-order valence-electron chi connectivity index (χ1n) is 6.05. The molecule has 0 aromatic heterocycles. The second kappa shape index (κ2) is 6.18. The molecule has 2 rings (SSSR count). The molecule has 0 saturated carbocycles. The third kappa shape index (κ3) is 3.34. The van der Waals surface area contributed by atoms with E-state index in [0.717, 1.165) is 5.56 Å². The van der Waals surface area contributed by atoms with E-state index in [4.69, 9.17) is 10.5 Å².